The first-order valence-electron chi connectivity index (χ1n) is 14.0. The standard InChI is InChI=1S/C30H31F2N7O5/c1-33-21-9-20(31)24(32)22-23-26(38(2)5-7-43-3)18(11-35-28(23)37-25(21)22)15-8-17-27(40)19(30(41)42)13-39(29(17)36-10-15)12-16-14-44-6-4-34-16/h8-11,13,16,33-34H,4-7,12,14H2,1-3H3,(H,35,37)(H,41,42). The number of aromatic carboxylic acids is 1. The summed E-state index contributed by atoms with van der Waals surface area (Å²) < 4.78 is 42.8. The highest BCUT2D eigenvalue weighted by Gasteiger charge is 2.25. The number of hydrogen-bond donors (Lipinski definition) is 4. The van der Waals surface area contributed by atoms with Gasteiger partial charge >= 0.3 is 5.97 Å². The van der Waals surface area contributed by atoms with Crippen LogP contribution in [0.15, 0.2) is 35.5 Å². The van der Waals surface area contributed by atoms with Crippen molar-refractivity contribution in [3.8, 4) is 11.1 Å². The molecule has 6 rings (SSSR count). The maximum atomic E-state index is 15.5. The fourth-order valence-electron chi connectivity index (χ4n) is 5.77. The van der Waals surface area contributed by atoms with Crippen LogP contribution in [0.1, 0.15) is 10.4 Å². The number of rotatable bonds is 9. The fraction of sp³-hybridized carbons (Fsp3) is 0.333. The van der Waals surface area contributed by atoms with E-state index in [1.54, 1.807) is 44.2 Å². The average Bonchev–Trinajstić information content (AvgIpc) is 3.42. The normalized spacial score (nSPS) is 15.3. The Labute approximate surface area is 249 Å². The Balaban J connectivity index is 1.61. The first-order valence-corrected chi connectivity index (χ1v) is 14.0. The number of pyridine rings is 3. The van der Waals surface area contributed by atoms with E-state index in [0.717, 1.165) is 6.07 Å². The molecule has 1 aromatic carbocycles. The second kappa shape index (κ2) is 11.8. The second-order valence-corrected chi connectivity index (χ2v) is 10.7. The third kappa shape index (κ3) is 5.00. The number of nitrogens with zero attached hydrogens (tertiary/aromatic N) is 4. The minimum atomic E-state index is -1.36. The number of likely N-dealkylation sites (N-methyl/N-ethyl adjacent to an activating group) is 1. The van der Waals surface area contributed by atoms with Crippen molar-refractivity contribution >= 4 is 50.3 Å². The van der Waals surface area contributed by atoms with Gasteiger partial charge < -0.3 is 39.7 Å². The number of hydrogen-bond acceptors (Lipinski definition) is 9. The molecule has 44 heavy (non-hydrogen) atoms. The number of anilines is 2. The first kappa shape index (κ1) is 29.4. The summed E-state index contributed by atoms with van der Waals surface area (Å²) in [6.07, 6.45) is 4.43. The Morgan fingerprint density at radius 3 is 2.80 bits per heavy atom. The summed E-state index contributed by atoms with van der Waals surface area (Å²) in [6, 6.07) is 2.54. The first-order chi connectivity index (χ1) is 21.2. The van der Waals surface area contributed by atoms with Gasteiger partial charge in [0.25, 0.3) is 0 Å². The van der Waals surface area contributed by atoms with E-state index in [2.05, 4.69) is 25.6 Å². The monoisotopic (exact) mass is 607 g/mol. The maximum absolute atomic E-state index is 15.5. The molecule has 0 bridgehead atoms. The summed E-state index contributed by atoms with van der Waals surface area (Å²) in [4.78, 5) is 39.6. The average molecular weight is 608 g/mol. The van der Waals surface area contributed by atoms with Gasteiger partial charge in [-0.2, -0.15) is 0 Å². The predicted octanol–water partition coefficient (Wildman–Crippen LogP) is 3.18. The lowest BCUT2D eigenvalue weighted by Crippen LogP contribution is -2.44. The number of methoxy groups -OCH3 is 1. The molecule has 1 aliphatic rings. The Morgan fingerprint density at radius 2 is 2.09 bits per heavy atom. The number of benzene rings is 1. The highest BCUT2D eigenvalue weighted by atomic mass is 19.2. The Hall–Kier alpha value is -4.66. The van der Waals surface area contributed by atoms with Crippen molar-refractivity contribution in [3.63, 3.8) is 0 Å². The molecule has 14 heteroatoms. The van der Waals surface area contributed by atoms with Crippen LogP contribution in [0.5, 0.6) is 0 Å². The molecule has 0 saturated carbocycles. The van der Waals surface area contributed by atoms with Gasteiger partial charge in [-0.25, -0.2) is 23.5 Å². The molecule has 12 nitrogen and oxygen atoms in total. The highest BCUT2D eigenvalue weighted by molar-refractivity contribution is 6.18. The van der Waals surface area contributed by atoms with E-state index in [9.17, 15) is 19.1 Å². The van der Waals surface area contributed by atoms with Gasteiger partial charge in [0.2, 0.25) is 5.43 Å². The second-order valence-electron chi connectivity index (χ2n) is 10.7. The smallest absolute Gasteiger partial charge is 0.341 e. The molecular weight excluding hydrogens is 576 g/mol. The summed E-state index contributed by atoms with van der Waals surface area (Å²) in [7, 11) is 4.96. The van der Waals surface area contributed by atoms with Crippen LogP contribution < -0.4 is 21.0 Å². The van der Waals surface area contributed by atoms with Crippen LogP contribution in [0.4, 0.5) is 20.2 Å². The number of morpholine rings is 1. The largest absolute Gasteiger partial charge is 0.477 e. The van der Waals surface area contributed by atoms with Gasteiger partial charge in [-0.15, -0.1) is 0 Å². The molecule has 4 aromatic heterocycles. The third-order valence-electron chi connectivity index (χ3n) is 7.92. The number of carboxylic acids is 1. The number of nitrogens with one attached hydrogen (secondary N) is 3. The molecule has 5 aromatic rings. The van der Waals surface area contributed by atoms with Crippen LogP contribution in [0, 0.1) is 11.6 Å². The molecule has 0 radical (unpaired) electrons. The fourth-order valence-corrected chi connectivity index (χ4v) is 5.77. The van der Waals surface area contributed by atoms with Crippen molar-refractivity contribution in [1.29, 1.82) is 0 Å². The summed E-state index contributed by atoms with van der Waals surface area (Å²) >= 11 is 0. The zero-order valence-electron chi connectivity index (χ0n) is 24.3. The van der Waals surface area contributed by atoms with Gasteiger partial charge in [0.15, 0.2) is 11.6 Å². The van der Waals surface area contributed by atoms with Crippen molar-refractivity contribution in [3.05, 3.63) is 58.1 Å². The summed E-state index contributed by atoms with van der Waals surface area (Å²) in [5.41, 5.74) is 1.68. The number of aromatic nitrogens is 4. The summed E-state index contributed by atoms with van der Waals surface area (Å²) in [5, 5.41) is 16.5. The van der Waals surface area contributed by atoms with E-state index in [0.29, 0.717) is 84.2 Å². The summed E-state index contributed by atoms with van der Waals surface area (Å²) in [5.74, 6) is -3.41. The molecule has 0 spiro atoms. The van der Waals surface area contributed by atoms with Gasteiger partial charge in [0.1, 0.15) is 16.9 Å². The number of aromatic amines is 1. The molecule has 5 heterocycles. The van der Waals surface area contributed by atoms with Gasteiger partial charge in [0, 0.05) is 82.7 Å². The number of ether oxygens (including phenoxy) is 2. The van der Waals surface area contributed by atoms with Gasteiger partial charge in [-0.1, -0.05) is 0 Å². The quantitative estimate of drug-likeness (QED) is 0.197. The number of halogens is 2. The molecule has 1 unspecified atom stereocenters. The van der Waals surface area contributed by atoms with E-state index in [1.807, 2.05) is 4.90 Å². The number of H-pyrrole nitrogens is 1. The van der Waals surface area contributed by atoms with Crippen LogP contribution in [-0.4, -0.2) is 90.8 Å². The Bertz CT molecular complexity index is 1970. The Morgan fingerprint density at radius 1 is 1.27 bits per heavy atom. The molecule has 1 fully saturated rings. The van der Waals surface area contributed by atoms with Crippen LogP contribution in [0.25, 0.3) is 44.1 Å². The predicted molar refractivity (Wildman–Crippen MR) is 163 cm³/mol. The topological polar surface area (TPSA) is 147 Å². The van der Waals surface area contributed by atoms with E-state index in [1.165, 1.54) is 6.20 Å². The zero-order chi connectivity index (χ0) is 31.1. The van der Waals surface area contributed by atoms with Crippen LogP contribution >= 0.6 is 0 Å². The Kier molecular flexibility index (Phi) is 7.88. The lowest BCUT2D eigenvalue weighted by atomic mass is 10.0. The molecule has 1 atom stereocenters. The molecule has 4 N–H and O–H groups in total. The molecule has 1 saturated heterocycles. The van der Waals surface area contributed by atoms with Crippen molar-refractivity contribution in [1.82, 2.24) is 24.8 Å². The number of carbonyl (C=O) groups is 1. The van der Waals surface area contributed by atoms with E-state index < -0.39 is 28.6 Å². The number of carboxylic acid groups (broad SMARTS) is 1. The van der Waals surface area contributed by atoms with Gasteiger partial charge in [0.05, 0.1) is 52.9 Å². The van der Waals surface area contributed by atoms with Crippen LogP contribution in [-0.2, 0) is 16.0 Å². The SMILES string of the molecule is CNc1cc(F)c(F)c2c1[nH]c1ncc(-c3cnc4c(c3)c(=O)c(C(=O)O)cn4CC3COCCN3)c(N(C)CCOC)c12. The maximum Gasteiger partial charge on any atom is 0.341 e. The molecule has 1 aliphatic heterocycles. The molecule has 0 aliphatic carbocycles. The minimum Gasteiger partial charge on any atom is -0.477 e. The molecule has 230 valence electrons. The van der Waals surface area contributed by atoms with Gasteiger partial charge in [-0.3, -0.25) is 4.79 Å². The van der Waals surface area contributed by atoms with Crippen LogP contribution in [0.3, 0.4) is 0 Å². The van der Waals surface area contributed by atoms with Gasteiger partial charge in [-0.05, 0) is 6.07 Å². The third-order valence-corrected chi connectivity index (χ3v) is 7.92. The van der Waals surface area contributed by atoms with E-state index in [-0.39, 0.29) is 16.8 Å². The lowest BCUT2D eigenvalue weighted by Gasteiger charge is -2.25. The van der Waals surface area contributed by atoms with Crippen molar-refractivity contribution in [2.45, 2.75) is 12.6 Å². The van der Waals surface area contributed by atoms with Crippen molar-refractivity contribution in [2.75, 3.05) is 64.3 Å². The lowest BCUT2D eigenvalue weighted by molar-refractivity contribution is 0.0690. The van der Waals surface area contributed by atoms with E-state index in [4.69, 9.17) is 9.47 Å². The highest BCUT2D eigenvalue weighted by Crippen LogP contribution is 2.42. The molecule has 0 amide bonds. The number of fused-ring (bicyclic) bond motifs is 4. The summed E-state index contributed by atoms with van der Waals surface area (Å²) in [6.45, 7) is 2.70. The van der Waals surface area contributed by atoms with Crippen molar-refractivity contribution < 1.29 is 28.2 Å². The van der Waals surface area contributed by atoms with Crippen LogP contribution in [0.2, 0.25) is 0 Å². The van der Waals surface area contributed by atoms with Crippen molar-refractivity contribution in [2.24, 2.45) is 0 Å². The van der Waals surface area contributed by atoms with E-state index >= 15 is 4.39 Å². The molecular formula is C30H31F2N7O5. The zero-order valence-corrected chi connectivity index (χ0v) is 24.3. The minimum absolute atomic E-state index is 0.0180.